The van der Waals surface area contributed by atoms with Gasteiger partial charge in [-0.25, -0.2) is 0 Å². The molecule has 0 spiro atoms. The lowest BCUT2D eigenvalue weighted by molar-refractivity contribution is 0.200. The average Bonchev–Trinajstić information content (AvgIpc) is 2.38. The first-order valence-corrected chi connectivity index (χ1v) is 5.92. The van der Waals surface area contributed by atoms with Gasteiger partial charge in [-0.2, -0.15) is 0 Å². The molecule has 1 rings (SSSR count). The largest absolute Gasteiger partial charge is 0.496 e. The summed E-state index contributed by atoms with van der Waals surface area (Å²) in [5.41, 5.74) is 6.89. The number of para-hydroxylation sites is 1. The van der Waals surface area contributed by atoms with E-state index in [2.05, 4.69) is 11.8 Å². The maximum absolute atomic E-state index is 8.97. The zero-order valence-electron chi connectivity index (χ0n) is 10.6. The van der Waals surface area contributed by atoms with Gasteiger partial charge in [-0.05, 0) is 12.6 Å². The van der Waals surface area contributed by atoms with Crippen molar-refractivity contribution in [3.8, 4) is 5.75 Å². The number of hydrogen-bond donors (Lipinski definition) is 2. The molecule has 0 aliphatic carbocycles. The predicted octanol–water partition coefficient (Wildman–Crippen LogP) is 0.837. The van der Waals surface area contributed by atoms with Gasteiger partial charge in [0.2, 0.25) is 0 Å². The number of benzene rings is 1. The zero-order chi connectivity index (χ0) is 12.7. The zero-order valence-corrected chi connectivity index (χ0v) is 10.6. The molecule has 0 aliphatic heterocycles. The number of nitrogens with two attached hydrogens (primary N) is 1. The highest BCUT2D eigenvalue weighted by Gasteiger charge is 2.11. The molecule has 0 saturated carbocycles. The van der Waals surface area contributed by atoms with Gasteiger partial charge in [0, 0.05) is 24.7 Å². The molecule has 96 valence electrons. The lowest BCUT2D eigenvalue weighted by atomic mass is 10.1. The Balaban J connectivity index is 2.66. The standard InChI is InChI=1S/C13H22N2O2/c1-3-15(9-12(14)10-16)8-11-6-4-5-7-13(11)17-2/h4-7,12,16H,3,8-10,14H2,1-2H3. The monoisotopic (exact) mass is 238 g/mol. The lowest BCUT2D eigenvalue weighted by Crippen LogP contribution is -2.39. The fourth-order valence-electron chi connectivity index (χ4n) is 1.77. The first-order chi connectivity index (χ1) is 8.21. The number of hydrogen-bond acceptors (Lipinski definition) is 4. The van der Waals surface area contributed by atoms with E-state index in [1.807, 2.05) is 24.3 Å². The van der Waals surface area contributed by atoms with Gasteiger partial charge < -0.3 is 15.6 Å². The van der Waals surface area contributed by atoms with Crippen LogP contribution in [0.25, 0.3) is 0 Å². The quantitative estimate of drug-likeness (QED) is 0.739. The molecular weight excluding hydrogens is 216 g/mol. The number of aliphatic hydroxyl groups is 1. The molecule has 0 heterocycles. The van der Waals surface area contributed by atoms with Gasteiger partial charge in [0.15, 0.2) is 0 Å². The molecule has 0 amide bonds. The minimum Gasteiger partial charge on any atom is -0.496 e. The maximum atomic E-state index is 8.97. The molecule has 3 N–H and O–H groups in total. The van der Waals surface area contributed by atoms with Crippen molar-refractivity contribution in [3.05, 3.63) is 29.8 Å². The Hall–Kier alpha value is -1.10. The third-order valence-electron chi connectivity index (χ3n) is 2.76. The molecule has 0 saturated heterocycles. The highest BCUT2D eigenvalue weighted by Crippen LogP contribution is 2.19. The summed E-state index contributed by atoms with van der Waals surface area (Å²) < 4.78 is 5.31. The van der Waals surface area contributed by atoms with Crippen molar-refractivity contribution in [3.63, 3.8) is 0 Å². The summed E-state index contributed by atoms with van der Waals surface area (Å²) in [4.78, 5) is 2.19. The Morgan fingerprint density at radius 3 is 2.71 bits per heavy atom. The van der Waals surface area contributed by atoms with Gasteiger partial charge in [-0.15, -0.1) is 0 Å². The number of methoxy groups -OCH3 is 1. The summed E-state index contributed by atoms with van der Waals surface area (Å²) in [6.45, 7) is 4.47. The minimum absolute atomic E-state index is 0.0163. The van der Waals surface area contributed by atoms with Crippen LogP contribution in [0.5, 0.6) is 5.75 Å². The van der Waals surface area contributed by atoms with Gasteiger partial charge in [-0.1, -0.05) is 25.1 Å². The van der Waals surface area contributed by atoms with Crippen molar-refractivity contribution in [2.75, 3.05) is 26.8 Å². The van der Waals surface area contributed by atoms with E-state index in [9.17, 15) is 0 Å². The molecule has 4 nitrogen and oxygen atoms in total. The van der Waals surface area contributed by atoms with Crippen LogP contribution < -0.4 is 10.5 Å². The van der Waals surface area contributed by atoms with Crippen molar-refractivity contribution >= 4 is 0 Å². The Bertz CT molecular complexity index is 331. The van der Waals surface area contributed by atoms with Gasteiger partial charge in [0.05, 0.1) is 13.7 Å². The first kappa shape index (κ1) is 14.0. The van der Waals surface area contributed by atoms with E-state index < -0.39 is 0 Å². The molecule has 1 aromatic rings. The minimum atomic E-state index is -0.190. The van der Waals surface area contributed by atoms with Crippen LogP contribution in [-0.2, 0) is 6.54 Å². The molecule has 1 atom stereocenters. The Morgan fingerprint density at radius 2 is 2.12 bits per heavy atom. The Kier molecular flexibility index (Phi) is 5.97. The summed E-state index contributed by atoms with van der Waals surface area (Å²) in [5, 5.41) is 8.97. The molecule has 1 aromatic carbocycles. The Morgan fingerprint density at radius 1 is 1.41 bits per heavy atom. The van der Waals surface area contributed by atoms with Gasteiger partial charge in [0.25, 0.3) is 0 Å². The predicted molar refractivity (Wildman–Crippen MR) is 69.0 cm³/mol. The first-order valence-electron chi connectivity index (χ1n) is 5.92. The van der Waals surface area contributed by atoms with Crippen LogP contribution in [0.3, 0.4) is 0 Å². The fourth-order valence-corrected chi connectivity index (χ4v) is 1.77. The van der Waals surface area contributed by atoms with Crippen LogP contribution in [-0.4, -0.2) is 42.9 Å². The third-order valence-corrected chi connectivity index (χ3v) is 2.76. The molecule has 0 bridgehead atoms. The summed E-state index contributed by atoms with van der Waals surface area (Å²) >= 11 is 0. The summed E-state index contributed by atoms with van der Waals surface area (Å²) in [6.07, 6.45) is 0. The number of nitrogens with zero attached hydrogens (tertiary/aromatic N) is 1. The number of aliphatic hydroxyl groups excluding tert-OH is 1. The molecule has 0 fully saturated rings. The fraction of sp³-hybridized carbons (Fsp3) is 0.538. The normalized spacial score (nSPS) is 12.8. The van der Waals surface area contributed by atoms with E-state index in [0.717, 1.165) is 24.4 Å². The number of likely N-dealkylation sites (N-methyl/N-ethyl adjacent to an activating group) is 1. The van der Waals surface area contributed by atoms with E-state index in [0.29, 0.717) is 6.54 Å². The second kappa shape index (κ2) is 7.27. The summed E-state index contributed by atoms with van der Waals surface area (Å²) in [6, 6.07) is 7.77. The average molecular weight is 238 g/mol. The molecule has 0 aromatic heterocycles. The smallest absolute Gasteiger partial charge is 0.123 e. The van der Waals surface area contributed by atoms with Crippen molar-refractivity contribution in [2.45, 2.75) is 19.5 Å². The second-order valence-electron chi connectivity index (χ2n) is 4.08. The van der Waals surface area contributed by atoms with Crippen molar-refractivity contribution in [2.24, 2.45) is 5.73 Å². The lowest BCUT2D eigenvalue weighted by Gasteiger charge is -2.24. The second-order valence-corrected chi connectivity index (χ2v) is 4.08. The van der Waals surface area contributed by atoms with Crippen molar-refractivity contribution < 1.29 is 9.84 Å². The maximum Gasteiger partial charge on any atom is 0.123 e. The van der Waals surface area contributed by atoms with Crippen LogP contribution >= 0.6 is 0 Å². The van der Waals surface area contributed by atoms with Crippen LogP contribution in [0, 0.1) is 0 Å². The van der Waals surface area contributed by atoms with Gasteiger partial charge in [0.1, 0.15) is 5.75 Å². The van der Waals surface area contributed by atoms with E-state index >= 15 is 0 Å². The Labute approximate surface area is 103 Å². The molecule has 0 radical (unpaired) electrons. The topological polar surface area (TPSA) is 58.7 Å². The van der Waals surface area contributed by atoms with Crippen LogP contribution in [0.2, 0.25) is 0 Å². The molecular formula is C13H22N2O2. The highest BCUT2D eigenvalue weighted by molar-refractivity contribution is 5.33. The number of ether oxygens (including phenoxy) is 1. The van der Waals surface area contributed by atoms with Gasteiger partial charge >= 0.3 is 0 Å². The van der Waals surface area contributed by atoms with Crippen molar-refractivity contribution in [1.82, 2.24) is 4.90 Å². The molecule has 4 heteroatoms. The van der Waals surface area contributed by atoms with E-state index in [1.165, 1.54) is 0 Å². The molecule has 1 unspecified atom stereocenters. The van der Waals surface area contributed by atoms with E-state index in [1.54, 1.807) is 7.11 Å². The van der Waals surface area contributed by atoms with Gasteiger partial charge in [-0.3, -0.25) is 4.90 Å². The summed E-state index contributed by atoms with van der Waals surface area (Å²) in [5.74, 6) is 0.892. The molecule has 0 aliphatic rings. The SMILES string of the molecule is CCN(Cc1ccccc1OC)CC(N)CO. The van der Waals surface area contributed by atoms with E-state index in [-0.39, 0.29) is 12.6 Å². The highest BCUT2D eigenvalue weighted by atomic mass is 16.5. The van der Waals surface area contributed by atoms with Crippen molar-refractivity contribution in [1.29, 1.82) is 0 Å². The van der Waals surface area contributed by atoms with E-state index in [4.69, 9.17) is 15.6 Å². The van der Waals surface area contributed by atoms with Crippen LogP contribution in [0.1, 0.15) is 12.5 Å². The summed E-state index contributed by atoms with van der Waals surface area (Å²) in [7, 11) is 1.68. The van der Waals surface area contributed by atoms with Crippen LogP contribution in [0.15, 0.2) is 24.3 Å². The van der Waals surface area contributed by atoms with Crippen LogP contribution in [0.4, 0.5) is 0 Å². The number of rotatable bonds is 7. The third kappa shape index (κ3) is 4.34. The molecule has 17 heavy (non-hydrogen) atoms.